The molecule has 0 saturated carbocycles. The summed E-state index contributed by atoms with van der Waals surface area (Å²) in [6, 6.07) is 0. The van der Waals surface area contributed by atoms with Gasteiger partial charge in [0, 0.05) is 12.8 Å². The highest BCUT2D eigenvalue weighted by Gasteiger charge is 2.21. The third kappa shape index (κ3) is 45.2. The van der Waals surface area contributed by atoms with E-state index in [2.05, 4.69) is 74.6 Å². The van der Waals surface area contributed by atoms with E-state index in [0.717, 1.165) is 57.8 Å². The van der Waals surface area contributed by atoms with Gasteiger partial charge in [-0.25, -0.2) is 0 Å². The van der Waals surface area contributed by atoms with Crippen LogP contribution >= 0.6 is 7.82 Å². The zero-order valence-corrected chi connectivity index (χ0v) is 40.0. The lowest BCUT2D eigenvalue weighted by atomic mass is 10.0. The average Bonchev–Trinajstić information content (AvgIpc) is 3.20. The molecule has 1 unspecified atom stereocenters. The van der Waals surface area contributed by atoms with E-state index < -0.39 is 32.5 Å². The van der Waals surface area contributed by atoms with Crippen molar-refractivity contribution in [1.82, 2.24) is 0 Å². The van der Waals surface area contributed by atoms with E-state index in [1.165, 1.54) is 103 Å². The monoisotopic (exact) mass is 864 g/mol. The van der Waals surface area contributed by atoms with Crippen molar-refractivity contribution in [3.63, 3.8) is 0 Å². The van der Waals surface area contributed by atoms with Crippen LogP contribution in [0.1, 0.15) is 194 Å². The Labute approximate surface area is 368 Å². The quantitative estimate of drug-likeness (QED) is 0.0196. The van der Waals surface area contributed by atoms with Crippen LogP contribution in [-0.4, -0.2) is 70.0 Å². The van der Waals surface area contributed by atoms with Crippen LogP contribution in [-0.2, 0) is 32.7 Å². The number of carbonyl (C=O) groups excluding carboxylic acids is 2. The number of likely N-dealkylation sites (N-methyl/N-ethyl adjacent to an activating group) is 1. The average molecular weight is 864 g/mol. The Morgan fingerprint density at radius 3 is 1.47 bits per heavy atom. The van der Waals surface area contributed by atoms with E-state index in [1.54, 1.807) is 0 Å². The molecule has 10 heteroatoms. The van der Waals surface area contributed by atoms with Crippen molar-refractivity contribution in [3.05, 3.63) is 60.8 Å². The minimum absolute atomic E-state index is 0.0410. The number of nitrogens with zero attached hydrogens (tertiary/aromatic N) is 1. The van der Waals surface area contributed by atoms with Gasteiger partial charge in [-0.1, -0.05) is 164 Å². The van der Waals surface area contributed by atoms with Crippen LogP contribution in [0.25, 0.3) is 0 Å². The van der Waals surface area contributed by atoms with Crippen LogP contribution in [0.4, 0.5) is 0 Å². The Bertz CT molecular complexity index is 1210. The maximum atomic E-state index is 12.7. The third-order valence-corrected chi connectivity index (χ3v) is 11.0. The molecule has 0 aromatic rings. The van der Waals surface area contributed by atoms with Gasteiger partial charge in [0.05, 0.1) is 27.7 Å². The zero-order valence-electron chi connectivity index (χ0n) is 39.1. The summed E-state index contributed by atoms with van der Waals surface area (Å²) < 4.78 is 33.9. The van der Waals surface area contributed by atoms with E-state index in [9.17, 15) is 19.0 Å². The smallest absolute Gasteiger partial charge is 0.306 e. The molecule has 0 aliphatic carbocycles. The lowest BCUT2D eigenvalue weighted by molar-refractivity contribution is -0.870. The Hall–Kier alpha value is -2.29. The topological polar surface area (TPSA) is 111 Å². The summed E-state index contributed by atoms with van der Waals surface area (Å²) in [7, 11) is 1.13. The summed E-state index contributed by atoms with van der Waals surface area (Å²) in [6.45, 7) is 4.06. The van der Waals surface area contributed by atoms with Gasteiger partial charge in [-0.15, -0.1) is 0 Å². The first-order chi connectivity index (χ1) is 29.0. The van der Waals surface area contributed by atoms with Crippen molar-refractivity contribution >= 4 is 19.8 Å². The highest BCUT2D eigenvalue weighted by molar-refractivity contribution is 7.45. The van der Waals surface area contributed by atoms with Crippen molar-refractivity contribution < 1.29 is 42.1 Å². The highest BCUT2D eigenvalue weighted by Crippen LogP contribution is 2.38. The van der Waals surface area contributed by atoms with Gasteiger partial charge in [0.1, 0.15) is 19.8 Å². The Morgan fingerprint density at radius 2 is 0.950 bits per heavy atom. The number of ether oxygens (including phenoxy) is 2. The molecule has 0 aromatic carbocycles. The summed E-state index contributed by atoms with van der Waals surface area (Å²) in [6.07, 6.45) is 51.1. The minimum atomic E-state index is -4.64. The van der Waals surface area contributed by atoms with Gasteiger partial charge in [-0.05, 0) is 77.0 Å². The van der Waals surface area contributed by atoms with Crippen LogP contribution < -0.4 is 4.89 Å². The fourth-order valence-corrected chi connectivity index (χ4v) is 7.02. The highest BCUT2D eigenvalue weighted by atomic mass is 31.2. The number of phosphoric acid groups is 1. The van der Waals surface area contributed by atoms with Crippen molar-refractivity contribution in [2.24, 2.45) is 0 Å². The summed E-state index contributed by atoms with van der Waals surface area (Å²) in [5, 5.41) is 0. The second-order valence-electron chi connectivity index (χ2n) is 17.1. The molecule has 0 saturated heterocycles. The van der Waals surface area contributed by atoms with Crippen molar-refractivity contribution in [2.45, 2.75) is 200 Å². The first-order valence-corrected chi connectivity index (χ1v) is 25.5. The molecular formula is C50H90NO8P. The number of carbonyl (C=O) groups is 2. The molecule has 0 radical (unpaired) electrons. The van der Waals surface area contributed by atoms with E-state index >= 15 is 0 Å². The molecule has 2 atom stereocenters. The van der Waals surface area contributed by atoms with Crippen LogP contribution in [0.15, 0.2) is 60.8 Å². The fraction of sp³-hybridized carbons (Fsp3) is 0.760. The predicted molar refractivity (Wildman–Crippen MR) is 250 cm³/mol. The predicted octanol–water partition coefficient (Wildman–Crippen LogP) is 13.4. The van der Waals surface area contributed by atoms with E-state index in [1.807, 2.05) is 21.1 Å². The summed E-state index contributed by atoms with van der Waals surface area (Å²) >= 11 is 0. The molecule has 0 fully saturated rings. The van der Waals surface area contributed by atoms with E-state index in [4.69, 9.17) is 18.5 Å². The number of unbranched alkanes of at least 4 members (excludes halogenated alkanes) is 19. The molecule has 9 nitrogen and oxygen atoms in total. The van der Waals surface area contributed by atoms with Gasteiger partial charge >= 0.3 is 11.9 Å². The third-order valence-electron chi connectivity index (χ3n) is 10.0. The van der Waals surface area contributed by atoms with E-state index in [-0.39, 0.29) is 26.1 Å². The number of esters is 2. The first kappa shape index (κ1) is 57.7. The molecule has 0 N–H and O–H groups in total. The maximum Gasteiger partial charge on any atom is 0.306 e. The van der Waals surface area contributed by atoms with Gasteiger partial charge in [0.15, 0.2) is 6.10 Å². The first-order valence-electron chi connectivity index (χ1n) is 24.0. The largest absolute Gasteiger partial charge is 0.756 e. The van der Waals surface area contributed by atoms with Crippen LogP contribution in [0.3, 0.4) is 0 Å². The van der Waals surface area contributed by atoms with Gasteiger partial charge in [-0.2, -0.15) is 0 Å². The van der Waals surface area contributed by atoms with Crippen molar-refractivity contribution in [1.29, 1.82) is 0 Å². The standard InChI is InChI=1S/C50H90NO8P/c1-6-8-10-12-14-16-18-20-22-23-24-25-26-27-29-30-32-34-36-38-40-42-49(52)56-46-48(47-58-60(54,55)57-45-44-51(3,4)5)59-50(53)43-41-39-37-35-33-31-28-21-19-17-15-13-11-9-7-2/h9,11,15,17,20-22,28,33,35,48H,6-8,10,12-14,16,18-19,23-27,29-32,34,36-47H2,1-5H3/b11-9-,17-15-,22-20-,28-21-,35-33-/t48-/m1/s1. The number of phosphoric ester groups is 1. The van der Waals surface area contributed by atoms with Gasteiger partial charge in [0.25, 0.3) is 7.82 Å². The van der Waals surface area contributed by atoms with Crippen LogP contribution in [0.5, 0.6) is 0 Å². The molecule has 0 aromatic heterocycles. The second-order valence-corrected chi connectivity index (χ2v) is 18.5. The fourth-order valence-electron chi connectivity index (χ4n) is 6.29. The molecule has 0 aliphatic heterocycles. The lowest BCUT2D eigenvalue weighted by Gasteiger charge is -2.28. The van der Waals surface area contributed by atoms with Gasteiger partial charge < -0.3 is 27.9 Å². The summed E-state index contributed by atoms with van der Waals surface area (Å²) in [5.74, 6) is -0.884. The molecule has 0 rings (SSSR count). The molecule has 0 spiro atoms. The maximum absolute atomic E-state index is 12.7. The molecule has 0 amide bonds. The van der Waals surface area contributed by atoms with Crippen molar-refractivity contribution in [3.8, 4) is 0 Å². The summed E-state index contributed by atoms with van der Waals surface area (Å²) in [4.78, 5) is 37.6. The van der Waals surface area contributed by atoms with E-state index in [0.29, 0.717) is 17.4 Å². The Morgan fingerprint density at radius 1 is 0.533 bits per heavy atom. The number of hydrogen-bond donors (Lipinski definition) is 0. The summed E-state index contributed by atoms with van der Waals surface area (Å²) in [5.41, 5.74) is 0. The SMILES string of the molecule is CC/C=C\C/C=C\C/C=C\C/C=C\CCCCC(=O)O[C@H](COC(=O)CCCCCCCCCCCCC/C=C\CCCCCCCC)COP(=O)([O-])OCC[N+](C)(C)C. The Kier molecular flexibility index (Phi) is 40.4. The van der Waals surface area contributed by atoms with Crippen molar-refractivity contribution in [2.75, 3.05) is 47.5 Å². The minimum Gasteiger partial charge on any atom is -0.756 e. The number of allylic oxidation sites excluding steroid dienone is 10. The van der Waals surface area contributed by atoms with Crippen LogP contribution in [0, 0.1) is 0 Å². The van der Waals surface area contributed by atoms with Crippen LogP contribution in [0.2, 0.25) is 0 Å². The molecular weight excluding hydrogens is 774 g/mol. The zero-order chi connectivity index (χ0) is 44.3. The number of quaternary nitrogens is 1. The molecule has 60 heavy (non-hydrogen) atoms. The molecule has 0 aliphatic rings. The normalized spacial score (nSPS) is 14.0. The van der Waals surface area contributed by atoms with Gasteiger partial charge in [-0.3, -0.25) is 14.2 Å². The number of rotatable bonds is 43. The molecule has 0 heterocycles. The second kappa shape index (κ2) is 42.0. The molecule has 0 bridgehead atoms. The number of hydrogen-bond acceptors (Lipinski definition) is 8. The lowest BCUT2D eigenvalue weighted by Crippen LogP contribution is -2.37. The molecule has 348 valence electrons. The Balaban J connectivity index is 4.31. The van der Waals surface area contributed by atoms with Gasteiger partial charge in [0.2, 0.25) is 0 Å².